The minimum Gasteiger partial charge on any atom is -0.478 e. The van der Waals surface area contributed by atoms with Crippen molar-refractivity contribution in [1.29, 1.82) is 0 Å². The quantitative estimate of drug-likeness (QED) is 0.450. The number of hydrogen-bond donors (Lipinski definition) is 1. The number of carboxylic acids is 1. The summed E-state index contributed by atoms with van der Waals surface area (Å²) in [5.74, 6) is -2.72. The van der Waals surface area contributed by atoms with Gasteiger partial charge in [0.05, 0.1) is 16.2 Å². The second-order valence-electron chi connectivity index (χ2n) is 5.73. The number of ketones is 1. The van der Waals surface area contributed by atoms with Crippen molar-refractivity contribution >= 4 is 51.6 Å². The molecule has 2 aliphatic rings. The molecule has 0 spiro atoms. The van der Waals surface area contributed by atoms with Gasteiger partial charge in [-0.05, 0) is 29.8 Å². The Labute approximate surface area is 166 Å². The van der Waals surface area contributed by atoms with Gasteiger partial charge in [-0.3, -0.25) is 14.5 Å². The molecule has 1 fully saturated rings. The van der Waals surface area contributed by atoms with Gasteiger partial charge in [-0.15, -0.1) is 0 Å². The van der Waals surface area contributed by atoms with Crippen LogP contribution < -0.4 is 4.90 Å². The predicted octanol–water partition coefficient (Wildman–Crippen LogP) is 3.86. The molecular weight excluding hydrogens is 415 g/mol. The van der Waals surface area contributed by atoms with Crippen molar-refractivity contribution in [3.63, 3.8) is 0 Å². The highest BCUT2D eigenvalue weighted by molar-refractivity contribution is 8.27. The van der Waals surface area contributed by atoms with Gasteiger partial charge in [0.2, 0.25) is 0 Å². The lowest BCUT2D eigenvalue weighted by Gasteiger charge is -2.16. The zero-order valence-electron chi connectivity index (χ0n) is 13.8. The van der Waals surface area contributed by atoms with Crippen LogP contribution >= 0.6 is 24.0 Å². The molecule has 0 aromatic heterocycles. The molecule has 1 aliphatic carbocycles. The molecule has 0 unspecified atom stereocenters. The number of carbonyl (C=O) groups excluding carboxylic acids is 2. The van der Waals surface area contributed by atoms with Crippen molar-refractivity contribution in [1.82, 2.24) is 0 Å². The SMILES string of the molecule is O=C(O)C1=C(C=C2SC(=S)N(c3cccc(C(F)(F)F)c3)C2=O)C=CCC1=O. The number of alkyl halides is 3. The number of halogens is 3. The molecule has 3 rings (SSSR count). The smallest absolute Gasteiger partial charge is 0.416 e. The van der Waals surface area contributed by atoms with Gasteiger partial charge in [-0.1, -0.05) is 42.2 Å². The van der Waals surface area contributed by atoms with E-state index in [1.165, 1.54) is 24.3 Å². The number of Topliss-reactive ketones (excluding diaryl/α,β-unsaturated/α-hetero) is 1. The van der Waals surface area contributed by atoms with Gasteiger partial charge in [-0.2, -0.15) is 13.2 Å². The van der Waals surface area contributed by atoms with Crippen molar-refractivity contribution in [2.24, 2.45) is 0 Å². The van der Waals surface area contributed by atoms with Crippen LogP contribution in [0, 0.1) is 0 Å². The minimum atomic E-state index is -4.58. The van der Waals surface area contributed by atoms with Crippen LogP contribution in [0.4, 0.5) is 18.9 Å². The molecule has 144 valence electrons. The average Bonchev–Trinajstić information content (AvgIpc) is 2.87. The van der Waals surface area contributed by atoms with Gasteiger partial charge < -0.3 is 5.11 Å². The Morgan fingerprint density at radius 2 is 2.00 bits per heavy atom. The molecular formula is C18H10F3NO4S2. The predicted molar refractivity (Wildman–Crippen MR) is 101 cm³/mol. The molecule has 1 heterocycles. The highest BCUT2D eigenvalue weighted by Crippen LogP contribution is 2.38. The summed E-state index contributed by atoms with van der Waals surface area (Å²) in [5.41, 5.74) is -1.40. The number of thioether (sulfide) groups is 1. The fourth-order valence-corrected chi connectivity index (χ4v) is 3.95. The molecule has 28 heavy (non-hydrogen) atoms. The molecule has 10 heteroatoms. The maximum atomic E-state index is 12.9. The van der Waals surface area contributed by atoms with E-state index in [2.05, 4.69) is 0 Å². The Morgan fingerprint density at radius 3 is 2.64 bits per heavy atom. The van der Waals surface area contributed by atoms with Crippen molar-refractivity contribution in [3.8, 4) is 0 Å². The highest BCUT2D eigenvalue weighted by Gasteiger charge is 2.36. The molecule has 1 saturated heterocycles. The first-order chi connectivity index (χ1) is 13.1. The van der Waals surface area contributed by atoms with E-state index in [-0.39, 0.29) is 26.9 Å². The number of anilines is 1. The fourth-order valence-electron chi connectivity index (χ4n) is 2.66. The number of carbonyl (C=O) groups is 3. The van der Waals surface area contributed by atoms with Crippen LogP contribution in [0.3, 0.4) is 0 Å². The molecule has 0 bridgehead atoms. The minimum absolute atomic E-state index is 0.000773. The number of rotatable bonds is 3. The summed E-state index contributed by atoms with van der Waals surface area (Å²) in [6, 6.07) is 4.15. The standard InChI is InChI=1S/C18H10F3NO4S2/c19-18(20,21)10-4-2-5-11(8-10)22-15(24)13(28-17(22)27)7-9-3-1-6-12(23)14(9)16(25)26/h1-5,7-8H,6H2,(H,25,26). The highest BCUT2D eigenvalue weighted by atomic mass is 32.2. The first-order valence-electron chi connectivity index (χ1n) is 7.72. The maximum Gasteiger partial charge on any atom is 0.416 e. The van der Waals surface area contributed by atoms with Gasteiger partial charge in [0.15, 0.2) is 10.1 Å². The molecule has 1 aromatic rings. The van der Waals surface area contributed by atoms with Crippen molar-refractivity contribution in [2.75, 3.05) is 4.90 Å². The zero-order valence-corrected chi connectivity index (χ0v) is 15.5. The van der Waals surface area contributed by atoms with E-state index in [1.807, 2.05) is 0 Å². The van der Waals surface area contributed by atoms with Crippen LogP contribution in [0.5, 0.6) is 0 Å². The van der Waals surface area contributed by atoms with E-state index in [4.69, 9.17) is 12.2 Å². The van der Waals surface area contributed by atoms with Gasteiger partial charge in [0, 0.05) is 6.42 Å². The van der Waals surface area contributed by atoms with Crippen LogP contribution in [0.1, 0.15) is 12.0 Å². The van der Waals surface area contributed by atoms with Gasteiger partial charge in [0.25, 0.3) is 5.91 Å². The summed E-state index contributed by atoms with van der Waals surface area (Å²) in [4.78, 5) is 36.8. The largest absolute Gasteiger partial charge is 0.478 e. The summed E-state index contributed by atoms with van der Waals surface area (Å²) < 4.78 is 38.8. The van der Waals surface area contributed by atoms with E-state index < -0.39 is 35.0 Å². The van der Waals surface area contributed by atoms with Gasteiger partial charge in [0.1, 0.15) is 5.57 Å². The van der Waals surface area contributed by atoms with Crippen LogP contribution in [-0.2, 0) is 20.6 Å². The number of benzene rings is 1. The lowest BCUT2D eigenvalue weighted by Crippen LogP contribution is -2.28. The lowest BCUT2D eigenvalue weighted by molar-refractivity contribution is -0.138. The average molecular weight is 425 g/mol. The molecule has 5 nitrogen and oxygen atoms in total. The molecule has 0 radical (unpaired) electrons. The molecule has 1 aliphatic heterocycles. The van der Waals surface area contributed by atoms with Gasteiger partial charge >= 0.3 is 12.1 Å². The number of hydrogen-bond acceptors (Lipinski definition) is 5. The van der Waals surface area contributed by atoms with E-state index in [1.54, 1.807) is 0 Å². The van der Waals surface area contributed by atoms with Crippen LogP contribution in [0.25, 0.3) is 0 Å². The van der Waals surface area contributed by atoms with Crippen molar-refractivity contribution in [2.45, 2.75) is 12.6 Å². The first kappa shape index (κ1) is 20.0. The summed E-state index contributed by atoms with van der Waals surface area (Å²) >= 11 is 5.93. The third kappa shape index (κ3) is 3.78. The summed E-state index contributed by atoms with van der Waals surface area (Å²) in [6.07, 6.45) is -0.565. The van der Waals surface area contributed by atoms with Crippen molar-refractivity contribution < 1.29 is 32.7 Å². The molecule has 1 aromatic carbocycles. The number of thiocarbonyl (C=S) groups is 1. The van der Waals surface area contributed by atoms with E-state index in [0.29, 0.717) is 0 Å². The summed E-state index contributed by atoms with van der Waals surface area (Å²) in [6.45, 7) is 0. The Morgan fingerprint density at radius 1 is 1.29 bits per heavy atom. The Balaban J connectivity index is 2.00. The van der Waals surface area contributed by atoms with Gasteiger partial charge in [-0.25, -0.2) is 4.79 Å². The second-order valence-corrected chi connectivity index (χ2v) is 7.41. The van der Waals surface area contributed by atoms with E-state index in [9.17, 15) is 32.7 Å². The normalized spacial score (nSPS) is 19.2. The molecule has 0 saturated carbocycles. The maximum absolute atomic E-state index is 12.9. The molecule has 1 N–H and O–H groups in total. The lowest BCUT2D eigenvalue weighted by atomic mass is 9.96. The topological polar surface area (TPSA) is 74.7 Å². The second kappa shape index (κ2) is 7.36. The number of aliphatic carboxylic acids is 1. The first-order valence-corrected chi connectivity index (χ1v) is 8.94. The Bertz CT molecular complexity index is 1010. The Hall–Kier alpha value is -2.72. The number of allylic oxidation sites excluding steroid dienone is 4. The number of amides is 1. The third-order valence-corrected chi connectivity index (χ3v) is 5.20. The molecule has 0 atom stereocenters. The monoisotopic (exact) mass is 425 g/mol. The summed E-state index contributed by atoms with van der Waals surface area (Å²) in [7, 11) is 0. The third-order valence-electron chi connectivity index (χ3n) is 3.89. The number of nitrogens with zero attached hydrogens (tertiary/aromatic N) is 1. The zero-order chi connectivity index (χ0) is 20.6. The van der Waals surface area contributed by atoms with Crippen LogP contribution in [0.2, 0.25) is 0 Å². The Kier molecular flexibility index (Phi) is 5.26. The van der Waals surface area contributed by atoms with Crippen LogP contribution in [0.15, 0.2) is 58.5 Å². The number of carboxylic acid groups (broad SMARTS) is 1. The van der Waals surface area contributed by atoms with E-state index >= 15 is 0 Å². The van der Waals surface area contributed by atoms with E-state index in [0.717, 1.165) is 34.9 Å². The van der Waals surface area contributed by atoms with Crippen LogP contribution in [-0.4, -0.2) is 27.1 Å². The van der Waals surface area contributed by atoms with Crippen molar-refractivity contribution in [3.05, 3.63) is 64.1 Å². The fraction of sp³-hybridized carbons (Fsp3) is 0.111. The molecule has 1 amide bonds. The summed E-state index contributed by atoms with van der Waals surface area (Å²) in [5, 5.41) is 9.23.